The van der Waals surface area contributed by atoms with Crippen molar-refractivity contribution < 1.29 is 4.74 Å². The maximum atomic E-state index is 5.46. The lowest BCUT2D eigenvalue weighted by molar-refractivity contribution is 0.408. The Morgan fingerprint density at radius 2 is 2.00 bits per heavy atom. The van der Waals surface area contributed by atoms with Gasteiger partial charge in [-0.3, -0.25) is 4.68 Å². The van der Waals surface area contributed by atoms with Gasteiger partial charge in [0.15, 0.2) is 0 Å². The summed E-state index contributed by atoms with van der Waals surface area (Å²) in [5, 5.41) is 7.97. The lowest BCUT2D eigenvalue weighted by Crippen LogP contribution is -2.12. The third kappa shape index (κ3) is 3.10. The summed E-state index contributed by atoms with van der Waals surface area (Å²) in [6, 6.07) is 6.37. The monoisotopic (exact) mass is 287 g/mol. The molecule has 0 fully saturated rings. The highest BCUT2D eigenvalue weighted by atomic mass is 16.5. The second kappa shape index (κ2) is 6.76. The van der Waals surface area contributed by atoms with Gasteiger partial charge in [0, 0.05) is 29.9 Å². The average Bonchev–Trinajstić information content (AvgIpc) is 2.79. The van der Waals surface area contributed by atoms with E-state index in [1.165, 1.54) is 22.4 Å². The normalized spacial score (nSPS) is 10.9. The van der Waals surface area contributed by atoms with Gasteiger partial charge in [0.1, 0.15) is 5.75 Å². The molecule has 0 aliphatic heterocycles. The third-order valence-corrected chi connectivity index (χ3v) is 3.82. The van der Waals surface area contributed by atoms with Crippen molar-refractivity contribution in [1.29, 1.82) is 0 Å². The van der Waals surface area contributed by atoms with E-state index >= 15 is 0 Å². The smallest absolute Gasteiger partial charge is 0.123 e. The van der Waals surface area contributed by atoms with Gasteiger partial charge in [-0.05, 0) is 45.0 Å². The predicted molar refractivity (Wildman–Crippen MR) is 86.7 cm³/mol. The van der Waals surface area contributed by atoms with Crippen LogP contribution in [0.1, 0.15) is 30.8 Å². The molecule has 0 aliphatic rings. The Morgan fingerprint density at radius 1 is 1.24 bits per heavy atom. The van der Waals surface area contributed by atoms with Crippen LogP contribution in [0.2, 0.25) is 0 Å². The Bertz CT molecular complexity index is 617. The van der Waals surface area contributed by atoms with Crippen LogP contribution in [-0.4, -0.2) is 23.4 Å². The minimum atomic E-state index is 0.813. The number of rotatable bonds is 6. The lowest BCUT2D eigenvalue weighted by atomic mass is 10.0. The molecule has 2 aromatic rings. The van der Waals surface area contributed by atoms with Gasteiger partial charge in [0.05, 0.1) is 12.8 Å². The van der Waals surface area contributed by atoms with Gasteiger partial charge in [-0.2, -0.15) is 5.10 Å². The van der Waals surface area contributed by atoms with Gasteiger partial charge in [-0.25, -0.2) is 0 Å². The van der Waals surface area contributed by atoms with E-state index < -0.39 is 0 Å². The molecule has 0 radical (unpaired) electrons. The Labute approximate surface area is 127 Å². The van der Waals surface area contributed by atoms with Gasteiger partial charge in [0.25, 0.3) is 0 Å². The number of methoxy groups -OCH3 is 1. The Kier molecular flexibility index (Phi) is 5.02. The summed E-state index contributed by atoms with van der Waals surface area (Å²) in [6.45, 7) is 11.1. The summed E-state index contributed by atoms with van der Waals surface area (Å²) in [7, 11) is 1.72. The van der Waals surface area contributed by atoms with Crippen molar-refractivity contribution in [2.24, 2.45) is 0 Å². The van der Waals surface area contributed by atoms with Gasteiger partial charge < -0.3 is 10.1 Å². The molecule has 4 nitrogen and oxygen atoms in total. The molecule has 1 aromatic carbocycles. The first-order chi connectivity index (χ1) is 10.1. The highest BCUT2D eigenvalue weighted by Crippen LogP contribution is 2.31. The first kappa shape index (κ1) is 15.6. The number of aryl methyl sites for hydroxylation is 2. The quantitative estimate of drug-likeness (QED) is 0.886. The van der Waals surface area contributed by atoms with Crippen LogP contribution >= 0.6 is 0 Å². The van der Waals surface area contributed by atoms with Crippen LogP contribution in [0.25, 0.3) is 11.1 Å². The summed E-state index contributed by atoms with van der Waals surface area (Å²) in [5.74, 6) is 0.929. The molecule has 114 valence electrons. The van der Waals surface area contributed by atoms with Crippen molar-refractivity contribution in [3.63, 3.8) is 0 Å². The average molecular weight is 287 g/mol. The lowest BCUT2D eigenvalue weighted by Gasteiger charge is -2.12. The molecular formula is C17H25N3O. The maximum Gasteiger partial charge on any atom is 0.123 e. The molecule has 21 heavy (non-hydrogen) atoms. The van der Waals surface area contributed by atoms with Crippen molar-refractivity contribution in [3.05, 3.63) is 35.2 Å². The van der Waals surface area contributed by atoms with E-state index in [1.807, 2.05) is 6.07 Å². The van der Waals surface area contributed by atoms with E-state index in [9.17, 15) is 0 Å². The van der Waals surface area contributed by atoms with Crippen LogP contribution in [0.5, 0.6) is 5.75 Å². The predicted octanol–water partition coefficient (Wildman–Crippen LogP) is 3.30. The molecule has 1 N–H and O–H groups in total. The first-order valence-corrected chi connectivity index (χ1v) is 7.54. The number of hydrogen-bond donors (Lipinski definition) is 1. The molecule has 0 aliphatic carbocycles. The van der Waals surface area contributed by atoms with Gasteiger partial charge >= 0.3 is 0 Å². The van der Waals surface area contributed by atoms with E-state index in [-0.39, 0.29) is 0 Å². The summed E-state index contributed by atoms with van der Waals surface area (Å²) in [5.41, 5.74) is 5.92. The zero-order valence-electron chi connectivity index (χ0n) is 13.7. The highest BCUT2D eigenvalue weighted by molar-refractivity contribution is 5.70. The molecule has 0 saturated heterocycles. The fourth-order valence-electron chi connectivity index (χ4n) is 2.75. The Balaban J connectivity index is 2.47. The van der Waals surface area contributed by atoms with E-state index in [4.69, 9.17) is 4.74 Å². The Hall–Kier alpha value is -1.81. The van der Waals surface area contributed by atoms with Crippen LogP contribution in [-0.2, 0) is 13.1 Å². The second-order valence-electron chi connectivity index (χ2n) is 5.17. The molecule has 0 amide bonds. The van der Waals surface area contributed by atoms with Crippen LogP contribution in [0.15, 0.2) is 18.2 Å². The molecule has 0 saturated carbocycles. The standard InChI is InChI=1S/C17H25N3O/c1-6-18-11-15-10-14(8-9-16(15)21-5)17-12(3)19-20(7-2)13(17)4/h8-10,18H,6-7,11H2,1-5H3. The third-order valence-electron chi connectivity index (χ3n) is 3.82. The van der Waals surface area contributed by atoms with Crippen LogP contribution in [0.3, 0.4) is 0 Å². The molecular weight excluding hydrogens is 262 g/mol. The highest BCUT2D eigenvalue weighted by Gasteiger charge is 2.14. The summed E-state index contributed by atoms with van der Waals surface area (Å²) in [6.07, 6.45) is 0. The maximum absolute atomic E-state index is 5.46. The van der Waals surface area contributed by atoms with Crippen molar-refractivity contribution in [1.82, 2.24) is 15.1 Å². The number of aromatic nitrogens is 2. The minimum Gasteiger partial charge on any atom is -0.496 e. The molecule has 1 aromatic heterocycles. The van der Waals surface area contributed by atoms with Gasteiger partial charge in [-0.15, -0.1) is 0 Å². The second-order valence-corrected chi connectivity index (χ2v) is 5.17. The fraction of sp³-hybridized carbons (Fsp3) is 0.471. The zero-order chi connectivity index (χ0) is 15.4. The molecule has 0 unspecified atom stereocenters. The van der Waals surface area contributed by atoms with Crippen molar-refractivity contribution in [2.75, 3.05) is 13.7 Å². The topological polar surface area (TPSA) is 39.1 Å². The summed E-state index contributed by atoms with van der Waals surface area (Å²) >= 11 is 0. The van der Waals surface area contributed by atoms with E-state index in [2.05, 4.69) is 54.9 Å². The van der Waals surface area contributed by atoms with Crippen LogP contribution in [0.4, 0.5) is 0 Å². The molecule has 0 atom stereocenters. The first-order valence-electron chi connectivity index (χ1n) is 7.54. The van der Waals surface area contributed by atoms with Gasteiger partial charge in [0.2, 0.25) is 0 Å². The summed E-state index contributed by atoms with van der Waals surface area (Å²) in [4.78, 5) is 0. The van der Waals surface area contributed by atoms with Crippen LogP contribution < -0.4 is 10.1 Å². The van der Waals surface area contributed by atoms with Crippen LogP contribution in [0, 0.1) is 13.8 Å². The summed E-state index contributed by atoms with van der Waals surface area (Å²) < 4.78 is 7.51. The van der Waals surface area contributed by atoms with E-state index in [0.717, 1.165) is 31.1 Å². The number of ether oxygens (including phenoxy) is 1. The minimum absolute atomic E-state index is 0.813. The number of hydrogen-bond acceptors (Lipinski definition) is 3. The Morgan fingerprint density at radius 3 is 2.57 bits per heavy atom. The molecule has 0 spiro atoms. The van der Waals surface area contributed by atoms with Crippen molar-refractivity contribution in [2.45, 2.75) is 40.8 Å². The fourth-order valence-corrected chi connectivity index (χ4v) is 2.75. The molecule has 2 rings (SSSR count). The molecule has 1 heterocycles. The largest absolute Gasteiger partial charge is 0.496 e. The van der Waals surface area contributed by atoms with E-state index in [0.29, 0.717) is 0 Å². The zero-order valence-corrected chi connectivity index (χ0v) is 13.7. The van der Waals surface area contributed by atoms with Crippen molar-refractivity contribution in [3.8, 4) is 16.9 Å². The molecule has 0 bridgehead atoms. The number of benzene rings is 1. The van der Waals surface area contributed by atoms with E-state index in [1.54, 1.807) is 7.11 Å². The van der Waals surface area contributed by atoms with Gasteiger partial charge in [-0.1, -0.05) is 13.0 Å². The molecule has 4 heteroatoms. The van der Waals surface area contributed by atoms with Crippen molar-refractivity contribution >= 4 is 0 Å². The number of nitrogens with zero attached hydrogens (tertiary/aromatic N) is 2. The SMILES string of the molecule is CCNCc1cc(-c2c(C)nn(CC)c2C)ccc1OC. The number of nitrogens with one attached hydrogen (secondary N) is 1.